The number of aromatic nitrogens is 2. The van der Waals surface area contributed by atoms with E-state index in [9.17, 15) is 0 Å². The lowest BCUT2D eigenvalue weighted by Crippen LogP contribution is -2.34. The average Bonchev–Trinajstić information content (AvgIpc) is 3.14. The maximum absolute atomic E-state index is 5.76. The summed E-state index contributed by atoms with van der Waals surface area (Å²) in [7, 11) is 0. The molecule has 0 radical (unpaired) electrons. The van der Waals surface area contributed by atoms with E-state index in [0.717, 1.165) is 49.4 Å². The molecule has 106 valence electrons. The zero-order valence-corrected chi connectivity index (χ0v) is 12.7. The van der Waals surface area contributed by atoms with Gasteiger partial charge in [-0.3, -0.25) is 4.90 Å². The van der Waals surface area contributed by atoms with Gasteiger partial charge in [-0.1, -0.05) is 0 Å². The number of imidazole rings is 1. The van der Waals surface area contributed by atoms with Crippen molar-refractivity contribution in [3.8, 4) is 0 Å². The van der Waals surface area contributed by atoms with Gasteiger partial charge in [0.15, 0.2) is 5.79 Å². The Morgan fingerprint density at radius 3 is 3.00 bits per heavy atom. The van der Waals surface area contributed by atoms with Crippen LogP contribution in [0.15, 0.2) is 29.0 Å². The Bertz CT molecular complexity index is 636. The summed E-state index contributed by atoms with van der Waals surface area (Å²) < 4.78 is 14.7. The van der Waals surface area contributed by atoms with Gasteiger partial charge >= 0.3 is 0 Å². The topological polar surface area (TPSA) is 39.0 Å². The van der Waals surface area contributed by atoms with Crippen LogP contribution in [-0.2, 0) is 16.0 Å². The summed E-state index contributed by atoms with van der Waals surface area (Å²) in [6.45, 7) is 4.15. The molecule has 6 heteroatoms. The summed E-state index contributed by atoms with van der Waals surface area (Å²) in [6.07, 6.45) is 4.96. The summed E-state index contributed by atoms with van der Waals surface area (Å²) in [4.78, 5) is 6.81. The van der Waals surface area contributed by atoms with Crippen LogP contribution in [0.4, 0.5) is 0 Å². The van der Waals surface area contributed by atoms with Crippen molar-refractivity contribution in [2.45, 2.75) is 18.8 Å². The van der Waals surface area contributed by atoms with Crippen molar-refractivity contribution in [3.05, 3.63) is 34.7 Å². The lowest BCUT2D eigenvalue weighted by atomic mass is 10.2. The summed E-state index contributed by atoms with van der Waals surface area (Å²) in [6, 6.07) is 4.03. The van der Waals surface area contributed by atoms with E-state index in [-0.39, 0.29) is 5.79 Å². The Balaban J connectivity index is 1.55. The standard InChI is InChI=1S/C14H16BrN3O2/c15-11-1-2-13-16-7-12(18(13)8-11)9-17-4-3-14(10-17)19-5-6-20-14/h1-2,7-8H,3-6,9-10H2. The number of hydrogen-bond donors (Lipinski definition) is 0. The van der Waals surface area contributed by atoms with Gasteiger partial charge < -0.3 is 13.9 Å². The van der Waals surface area contributed by atoms with Gasteiger partial charge in [0.25, 0.3) is 0 Å². The van der Waals surface area contributed by atoms with E-state index in [0.29, 0.717) is 0 Å². The molecule has 0 saturated carbocycles. The fraction of sp³-hybridized carbons (Fsp3) is 0.500. The van der Waals surface area contributed by atoms with Gasteiger partial charge in [-0.05, 0) is 28.1 Å². The van der Waals surface area contributed by atoms with Crippen molar-refractivity contribution >= 4 is 21.6 Å². The predicted octanol–water partition coefficient (Wildman–Crippen LogP) is 2.05. The molecule has 20 heavy (non-hydrogen) atoms. The Hall–Kier alpha value is -0.950. The highest BCUT2D eigenvalue weighted by atomic mass is 79.9. The molecule has 1 spiro atoms. The monoisotopic (exact) mass is 337 g/mol. The zero-order valence-electron chi connectivity index (χ0n) is 11.1. The smallest absolute Gasteiger partial charge is 0.182 e. The maximum atomic E-state index is 5.76. The van der Waals surface area contributed by atoms with Crippen LogP contribution in [-0.4, -0.2) is 46.4 Å². The van der Waals surface area contributed by atoms with Crippen LogP contribution < -0.4 is 0 Å². The van der Waals surface area contributed by atoms with Crippen LogP contribution in [0.3, 0.4) is 0 Å². The number of hydrogen-bond acceptors (Lipinski definition) is 4. The molecular formula is C14H16BrN3O2. The SMILES string of the molecule is Brc1ccc2ncc(CN3CCC4(C3)OCCO4)n2c1. The normalized spacial score (nSPS) is 22.2. The molecule has 2 aliphatic rings. The van der Waals surface area contributed by atoms with Gasteiger partial charge in [0.05, 0.1) is 31.6 Å². The molecular weight excluding hydrogens is 322 g/mol. The number of likely N-dealkylation sites (tertiary alicyclic amines) is 1. The van der Waals surface area contributed by atoms with E-state index in [1.165, 1.54) is 5.69 Å². The van der Waals surface area contributed by atoms with Gasteiger partial charge in [-0.15, -0.1) is 0 Å². The van der Waals surface area contributed by atoms with Crippen LogP contribution in [0.1, 0.15) is 12.1 Å². The number of fused-ring (bicyclic) bond motifs is 1. The Morgan fingerprint density at radius 2 is 2.15 bits per heavy atom. The zero-order chi connectivity index (χ0) is 13.6. The largest absolute Gasteiger partial charge is 0.346 e. The second kappa shape index (κ2) is 4.80. The van der Waals surface area contributed by atoms with Gasteiger partial charge in [0.2, 0.25) is 0 Å². The van der Waals surface area contributed by atoms with Gasteiger partial charge in [-0.2, -0.15) is 0 Å². The van der Waals surface area contributed by atoms with Crippen LogP contribution >= 0.6 is 15.9 Å². The Kier molecular flexibility index (Phi) is 3.07. The van der Waals surface area contributed by atoms with Crippen molar-refractivity contribution in [1.82, 2.24) is 14.3 Å². The van der Waals surface area contributed by atoms with E-state index in [4.69, 9.17) is 9.47 Å². The molecule has 0 aromatic carbocycles. The molecule has 4 rings (SSSR count). The van der Waals surface area contributed by atoms with Crippen LogP contribution in [0.5, 0.6) is 0 Å². The number of pyridine rings is 1. The maximum Gasteiger partial charge on any atom is 0.182 e. The second-order valence-corrected chi connectivity index (χ2v) is 6.31. The van der Waals surface area contributed by atoms with E-state index >= 15 is 0 Å². The summed E-state index contributed by atoms with van der Waals surface area (Å²) >= 11 is 3.51. The molecule has 2 fully saturated rings. The first-order chi connectivity index (χ1) is 9.74. The van der Waals surface area contributed by atoms with Gasteiger partial charge in [-0.25, -0.2) is 4.98 Å². The minimum Gasteiger partial charge on any atom is -0.346 e. The summed E-state index contributed by atoms with van der Waals surface area (Å²) in [5, 5.41) is 0. The number of rotatable bonds is 2. The molecule has 0 N–H and O–H groups in total. The minimum atomic E-state index is -0.346. The highest BCUT2D eigenvalue weighted by molar-refractivity contribution is 9.10. The molecule has 5 nitrogen and oxygen atoms in total. The first kappa shape index (κ1) is 12.8. The van der Waals surface area contributed by atoms with E-state index in [1.54, 1.807) is 0 Å². The molecule has 4 heterocycles. The molecule has 2 aliphatic heterocycles. The number of nitrogens with zero attached hydrogens (tertiary/aromatic N) is 3. The third kappa shape index (κ3) is 2.16. The van der Waals surface area contributed by atoms with E-state index < -0.39 is 0 Å². The molecule has 0 amide bonds. The minimum absolute atomic E-state index is 0.346. The second-order valence-electron chi connectivity index (χ2n) is 5.39. The third-order valence-electron chi connectivity index (χ3n) is 4.02. The van der Waals surface area contributed by atoms with E-state index in [1.807, 2.05) is 18.3 Å². The van der Waals surface area contributed by atoms with Crippen LogP contribution in [0, 0.1) is 0 Å². The summed E-state index contributed by atoms with van der Waals surface area (Å²) in [5.74, 6) is -0.346. The van der Waals surface area contributed by atoms with Crippen LogP contribution in [0.25, 0.3) is 5.65 Å². The molecule has 0 unspecified atom stereocenters. The molecule has 0 aliphatic carbocycles. The molecule has 0 bridgehead atoms. The summed E-state index contributed by atoms with van der Waals surface area (Å²) in [5.41, 5.74) is 2.17. The highest BCUT2D eigenvalue weighted by Crippen LogP contribution is 2.31. The van der Waals surface area contributed by atoms with Gasteiger partial charge in [0, 0.05) is 30.2 Å². The number of ether oxygens (including phenoxy) is 2. The Morgan fingerprint density at radius 1 is 1.30 bits per heavy atom. The lowest BCUT2D eigenvalue weighted by molar-refractivity contribution is -0.145. The average molecular weight is 338 g/mol. The van der Waals surface area contributed by atoms with Crippen molar-refractivity contribution in [3.63, 3.8) is 0 Å². The van der Waals surface area contributed by atoms with Crippen molar-refractivity contribution in [2.24, 2.45) is 0 Å². The third-order valence-corrected chi connectivity index (χ3v) is 4.49. The molecule has 2 aromatic rings. The van der Waals surface area contributed by atoms with Crippen molar-refractivity contribution in [2.75, 3.05) is 26.3 Å². The first-order valence-corrected chi connectivity index (χ1v) is 7.65. The quantitative estimate of drug-likeness (QED) is 0.840. The predicted molar refractivity (Wildman–Crippen MR) is 77.4 cm³/mol. The van der Waals surface area contributed by atoms with Crippen molar-refractivity contribution < 1.29 is 9.47 Å². The van der Waals surface area contributed by atoms with Crippen LogP contribution in [0.2, 0.25) is 0 Å². The molecule has 2 saturated heterocycles. The van der Waals surface area contributed by atoms with Gasteiger partial charge in [0.1, 0.15) is 5.65 Å². The lowest BCUT2D eigenvalue weighted by Gasteiger charge is -2.22. The molecule has 0 atom stereocenters. The fourth-order valence-electron chi connectivity index (χ4n) is 3.05. The first-order valence-electron chi connectivity index (χ1n) is 6.86. The number of halogens is 1. The Labute approximate surface area is 125 Å². The fourth-order valence-corrected chi connectivity index (χ4v) is 3.38. The van der Waals surface area contributed by atoms with E-state index in [2.05, 4.69) is 36.4 Å². The highest BCUT2D eigenvalue weighted by Gasteiger charge is 2.43. The van der Waals surface area contributed by atoms with Crippen molar-refractivity contribution in [1.29, 1.82) is 0 Å². The molecule has 2 aromatic heterocycles.